The Balaban J connectivity index is 1.67. The van der Waals surface area contributed by atoms with Gasteiger partial charge in [-0.25, -0.2) is 14.4 Å². The van der Waals surface area contributed by atoms with Gasteiger partial charge in [-0.2, -0.15) is 0 Å². The van der Waals surface area contributed by atoms with E-state index in [1.54, 1.807) is 24.4 Å². The molecule has 0 aliphatic heterocycles. The van der Waals surface area contributed by atoms with E-state index in [1.165, 1.54) is 6.07 Å². The summed E-state index contributed by atoms with van der Waals surface area (Å²) < 4.78 is 19.3. The van der Waals surface area contributed by atoms with Crippen LogP contribution in [0.3, 0.4) is 0 Å². The number of nitrogens with zero attached hydrogens (tertiary/aromatic N) is 2. The minimum Gasteiger partial charge on any atom is -0.486 e. The second kappa shape index (κ2) is 12.5. The predicted molar refractivity (Wildman–Crippen MR) is 112 cm³/mol. The third-order valence-corrected chi connectivity index (χ3v) is 3.88. The van der Waals surface area contributed by atoms with Crippen LogP contribution in [-0.2, 0) is 0 Å². The number of rotatable bonds is 11. The van der Waals surface area contributed by atoms with Crippen molar-refractivity contribution in [1.29, 1.82) is 0 Å². The average molecular weight is 388 g/mol. The quantitative estimate of drug-likeness (QED) is 0.313. The van der Waals surface area contributed by atoms with Crippen molar-refractivity contribution in [3.63, 3.8) is 0 Å². The van der Waals surface area contributed by atoms with E-state index in [1.807, 2.05) is 32.0 Å². The average Bonchev–Trinajstić information content (AvgIpc) is 2.71. The van der Waals surface area contributed by atoms with Gasteiger partial charge < -0.3 is 20.7 Å². The summed E-state index contributed by atoms with van der Waals surface area (Å²) in [6.45, 7) is 6.80. The minimum absolute atomic E-state index is 0.227. The van der Waals surface area contributed by atoms with E-state index in [0.29, 0.717) is 6.54 Å². The summed E-state index contributed by atoms with van der Waals surface area (Å²) in [5.41, 5.74) is 0. The Kier molecular flexibility index (Phi) is 9.61. The van der Waals surface area contributed by atoms with Gasteiger partial charge in [0.15, 0.2) is 17.5 Å². The molecule has 3 N–H and O–H groups in total. The molecule has 7 heteroatoms. The molecule has 28 heavy (non-hydrogen) atoms. The Labute approximate surface area is 166 Å². The lowest BCUT2D eigenvalue weighted by molar-refractivity contribution is 0.220. The molecule has 0 aliphatic rings. The number of nitrogens with one attached hydrogen (secondary N) is 3. The van der Waals surface area contributed by atoms with Gasteiger partial charge in [-0.05, 0) is 51.0 Å². The fourth-order valence-corrected chi connectivity index (χ4v) is 2.50. The second-order valence-electron chi connectivity index (χ2n) is 6.35. The Morgan fingerprint density at radius 1 is 1.11 bits per heavy atom. The number of hydrogen-bond acceptors (Lipinski definition) is 4. The molecule has 0 fully saturated rings. The third kappa shape index (κ3) is 8.24. The highest BCUT2D eigenvalue weighted by molar-refractivity contribution is 5.79. The molecule has 1 heterocycles. The maximum absolute atomic E-state index is 13.7. The van der Waals surface area contributed by atoms with Crippen LogP contribution in [0.25, 0.3) is 0 Å². The van der Waals surface area contributed by atoms with Crippen molar-refractivity contribution in [1.82, 2.24) is 15.6 Å². The lowest BCUT2D eigenvalue weighted by atomic mass is 10.3. The van der Waals surface area contributed by atoms with Gasteiger partial charge in [0.2, 0.25) is 0 Å². The number of aliphatic imine (C=N–C) groups is 1. The topological polar surface area (TPSA) is 70.6 Å². The molecule has 1 unspecified atom stereocenters. The molecule has 0 saturated carbocycles. The molecule has 0 radical (unpaired) electrons. The van der Waals surface area contributed by atoms with Gasteiger partial charge in [0.1, 0.15) is 11.9 Å². The normalized spacial score (nSPS) is 12.3. The molecule has 2 aromatic rings. The number of aromatic nitrogens is 1. The van der Waals surface area contributed by atoms with Gasteiger partial charge in [0.05, 0.1) is 6.54 Å². The van der Waals surface area contributed by atoms with Crippen LogP contribution < -0.4 is 20.7 Å². The third-order valence-electron chi connectivity index (χ3n) is 3.88. The number of guanidine groups is 1. The van der Waals surface area contributed by atoms with E-state index in [2.05, 4.69) is 25.9 Å². The summed E-state index contributed by atoms with van der Waals surface area (Å²) in [4.78, 5) is 8.76. The molecule has 2 rings (SSSR count). The fraction of sp³-hybridized carbons (Fsp3) is 0.429. The van der Waals surface area contributed by atoms with E-state index in [9.17, 15) is 4.39 Å². The maximum Gasteiger partial charge on any atom is 0.191 e. The van der Waals surface area contributed by atoms with Crippen LogP contribution in [0.15, 0.2) is 53.7 Å². The van der Waals surface area contributed by atoms with Crippen LogP contribution in [0.4, 0.5) is 10.2 Å². The van der Waals surface area contributed by atoms with Gasteiger partial charge in [0.25, 0.3) is 0 Å². The highest BCUT2D eigenvalue weighted by atomic mass is 19.1. The van der Waals surface area contributed by atoms with Crippen LogP contribution in [-0.4, -0.2) is 43.2 Å². The van der Waals surface area contributed by atoms with E-state index < -0.39 is 0 Å². The summed E-state index contributed by atoms with van der Waals surface area (Å²) >= 11 is 0. The maximum atomic E-state index is 13.7. The number of ether oxygens (including phenoxy) is 1. The van der Waals surface area contributed by atoms with Crippen LogP contribution in [0.5, 0.6) is 5.75 Å². The van der Waals surface area contributed by atoms with E-state index in [4.69, 9.17) is 4.74 Å². The van der Waals surface area contributed by atoms with Gasteiger partial charge in [-0.15, -0.1) is 0 Å². The largest absolute Gasteiger partial charge is 0.486 e. The molecule has 0 bridgehead atoms. The summed E-state index contributed by atoms with van der Waals surface area (Å²) in [5, 5.41) is 9.82. The van der Waals surface area contributed by atoms with Crippen molar-refractivity contribution in [3.05, 3.63) is 54.5 Å². The first-order valence-electron chi connectivity index (χ1n) is 9.77. The van der Waals surface area contributed by atoms with E-state index in [0.717, 1.165) is 44.3 Å². The zero-order valence-electron chi connectivity index (χ0n) is 16.6. The van der Waals surface area contributed by atoms with Crippen molar-refractivity contribution in [2.45, 2.75) is 32.8 Å². The van der Waals surface area contributed by atoms with E-state index in [-0.39, 0.29) is 17.7 Å². The summed E-state index contributed by atoms with van der Waals surface area (Å²) in [6, 6.07) is 12.2. The van der Waals surface area contributed by atoms with E-state index >= 15 is 0 Å². The van der Waals surface area contributed by atoms with Crippen LogP contribution in [0.1, 0.15) is 26.7 Å². The van der Waals surface area contributed by atoms with Gasteiger partial charge in [-0.1, -0.05) is 18.2 Å². The molecule has 0 aliphatic carbocycles. The van der Waals surface area contributed by atoms with Gasteiger partial charge in [0, 0.05) is 25.8 Å². The SMILES string of the molecule is CCNC(=NCC(C)Oc1ccccc1F)NCCCCNc1ccccn1. The molecule has 0 spiro atoms. The first-order chi connectivity index (χ1) is 13.7. The van der Waals surface area contributed by atoms with Crippen LogP contribution in [0, 0.1) is 5.82 Å². The zero-order chi connectivity index (χ0) is 20.0. The standard InChI is InChI=1S/C21H30FN5O/c1-3-23-21(26-15-9-8-14-25-20-12-6-7-13-24-20)27-16-17(2)28-19-11-5-4-10-18(19)22/h4-7,10-13,17H,3,8-9,14-16H2,1-2H3,(H,24,25)(H2,23,26,27). The molecular weight excluding hydrogens is 357 g/mol. The lowest BCUT2D eigenvalue weighted by Gasteiger charge is -2.15. The molecular formula is C21H30FN5O. The summed E-state index contributed by atoms with van der Waals surface area (Å²) in [5.74, 6) is 1.53. The molecule has 0 amide bonds. The number of anilines is 1. The predicted octanol–water partition coefficient (Wildman–Crippen LogP) is 3.44. The minimum atomic E-state index is -0.359. The van der Waals surface area contributed by atoms with Crippen molar-refractivity contribution < 1.29 is 9.13 Å². The number of unbranched alkanes of at least 4 members (excludes halogenated alkanes) is 1. The monoisotopic (exact) mass is 387 g/mol. The number of halogens is 1. The van der Waals surface area contributed by atoms with Crippen molar-refractivity contribution >= 4 is 11.8 Å². The van der Waals surface area contributed by atoms with Gasteiger partial charge >= 0.3 is 0 Å². The fourth-order valence-electron chi connectivity index (χ4n) is 2.50. The number of para-hydroxylation sites is 1. The highest BCUT2D eigenvalue weighted by Gasteiger charge is 2.08. The Morgan fingerprint density at radius 2 is 1.89 bits per heavy atom. The molecule has 1 atom stereocenters. The Hall–Kier alpha value is -2.83. The highest BCUT2D eigenvalue weighted by Crippen LogP contribution is 2.16. The summed E-state index contributed by atoms with van der Waals surface area (Å²) in [7, 11) is 0. The molecule has 1 aromatic heterocycles. The Bertz CT molecular complexity index is 711. The van der Waals surface area contributed by atoms with Crippen molar-refractivity contribution in [2.75, 3.05) is 31.5 Å². The summed E-state index contributed by atoms with van der Waals surface area (Å²) in [6.07, 6.45) is 3.58. The molecule has 152 valence electrons. The molecule has 1 aromatic carbocycles. The molecule has 6 nitrogen and oxygen atoms in total. The first kappa shape index (κ1) is 21.5. The van der Waals surface area contributed by atoms with Crippen LogP contribution in [0.2, 0.25) is 0 Å². The number of pyridine rings is 1. The zero-order valence-corrected chi connectivity index (χ0v) is 16.6. The lowest BCUT2D eigenvalue weighted by Crippen LogP contribution is -2.38. The van der Waals surface area contributed by atoms with Crippen molar-refractivity contribution in [2.24, 2.45) is 4.99 Å². The van der Waals surface area contributed by atoms with Crippen molar-refractivity contribution in [3.8, 4) is 5.75 Å². The first-order valence-corrected chi connectivity index (χ1v) is 9.77. The Morgan fingerprint density at radius 3 is 2.64 bits per heavy atom. The number of hydrogen-bond donors (Lipinski definition) is 3. The smallest absolute Gasteiger partial charge is 0.191 e. The van der Waals surface area contributed by atoms with Crippen LogP contribution >= 0.6 is 0 Å². The molecule has 0 saturated heterocycles. The second-order valence-corrected chi connectivity index (χ2v) is 6.35. The number of benzene rings is 1. The van der Waals surface area contributed by atoms with Gasteiger partial charge in [-0.3, -0.25) is 0 Å².